The van der Waals surface area contributed by atoms with Crippen molar-refractivity contribution < 1.29 is 22.3 Å². The molecule has 25 heavy (non-hydrogen) atoms. The summed E-state index contributed by atoms with van der Waals surface area (Å²) in [5, 5.41) is 7.71. The number of amides is 1. The van der Waals surface area contributed by atoms with Crippen molar-refractivity contribution in [3.8, 4) is 5.75 Å². The van der Waals surface area contributed by atoms with Crippen LogP contribution >= 0.6 is 0 Å². The lowest BCUT2D eigenvalue weighted by molar-refractivity contribution is -0.118. The lowest BCUT2D eigenvalue weighted by Crippen LogP contribution is -2.23. The molecule has 0 bridgehead atoms. The molecule has 134 valence electrons. The molecule has 0 aliphatic carbocycles. The molecule has 0 saturated heterocycles. The van der Waals surface area contributed by atoms with Gasteiger partial charge in [0.2, 0.25) is 10.0 Å². The predicted octanol–water partition coefficient (Wildman–Crippen LogP) is 1.56. The molecule has 0 saturated carbocycles. The first-order chi connectivity index (χ1) is 11.7. The Labute approximate surface area is 145 Å². The average Bonchev–Trinajstić information content (AvgIpc) is 2.53. The highest BCUT2D eigenvalue weighted by atomic mass is 32.2. The minimum absolute atomic E-state index is 0.118. The van der Waals surface area contributed by atoms with Gasteiger partial charge >= 0.3 is 0 Å². The van der Waals surface area contributed by atoms with Gasteiger partial charge in [-0.05, 0) is 42.5 Å². The van der Waals surface area contributed by atoms with E-state index in [9.17, 15) is 17.6 Å². The summed E-state index contributed by atoms with van der Waals surface area (Å²) in [6.45, 7) is -0.321. The highest BCUT2D eigenvalue weighted by Gasteiger charge is 2.15. The number of hydrogen-bond donors (Lipinski definition) is 2. The SMILES string of the molecule is CN(C)c1ccc(S(N)(=O)=O)cc1NC(=O)COc1ccc(F)cc1. The number of anilines is 2. The molecule has 0 aliphatic rings. The van der Waals surface area contributed by atoms with Crippen molar-refractivity contribution in [2.45, 2.75) is 4.90 Å². The summed E-state index contributed by atoms with van der Waals surface area (Å²) in [6.07, 6.45) is 0. The third kappa shape index (κ3) is 5.16. The summed E-state index contributed by atoms with van der Waals surface area (Å²) in [4.78, 5) is 13.7. The number of carbonyl (C=O) groups is 1. The van der Waals surface area contributed by atoms with Crippen LogP contribution < -0.4 is 20.1 Å². The number of hydrogen-bond acceptors (Lipinski definition) is 5. The molecule has 1 amide bonds. The van der Waals surface area contributed by atoms with E-state index in [-0.39, 0.29) is 17.2 Å². The number of halogens is 1. The Bertz CT molecular complexity index is 867. The second-order valence-corrected chi connectivity index (χ2v) is 6.97. The van der Waals surface area contributed by atoms with Gasteiger partial charge in [0.1, 0.15) is 11.6 Å². The smallest absolute Gasteiger partial charge is 0.262 e. The van der Waals surface area contributed by atoms with Gasteiger partial charge in [0, 0.05) is 14.1 Å². The van der Waals surface area contributed by atoms with Gasteiger partial charge in [0.05, 0.1) is 16.3 Å². The molecule has 9 heteroatoms. The lowest BCUT2D eigenvalue weighted by Gasteiger charge is -2.19. The third-order valence-electron chi connectivity index (χ3n) is 3.24. The Kier molecular flexibility index (Phi) is 5.60. The number of rotatable bonds is 6. The monoisotopic (exact) mass is 367 g/mol. The molecule has 2 aromatic carbocycles. The van der Waals surface area contributed by atoms with E-state index in [0.29, 0.717) is 11.4 Å². The van der Waals surface area contributed by atoms with E-state index in [2.05, 4.69) is 5.32 Å². The number of nitrogens with one attached hydrogen (secondary N) is 1. The zero-order valence-corrected chi connectivity index (χ0v) is 14.5. The topological polar surface area (TPSA) is 102 Å². The van der Waals surface area contributed by atoms with Crippen LogP contribution in [0.4, 0.5) is 15.8 Å². The molecule has 3 N–H and O–H groups in total. The number of carbonyl (C=O) groups excluding carboxylic acids is 1. The van der Waals surface area contributed by atoms with Crippen molar-refractivity contribution >= 4 is 27.3 Å². The molecule has 0 fully saturated rings. The van der Waals surface area contributed by atoms with Crippen LogP contribution in [0.2, 0.25) is 0 Å². The number of ether oxygens (including phenoxy) is 1. The van der Waals surface area contributed by atoms with Crippen molar-refractivity contribution in [1.82, 2.24) is 0 Å². The maximum atomic E-state index is 12.8. The fourth-order valence-corrected chi connectivity index (χ4v) is 2.59. The van der Waals surface area contributed by atoms with Crippen LogP contribution in [0.25, 0.3) is 0 Å². The molecule has 0 radical (unpaired) electrons. The van der Waals surface area contributed by atoms with Crippen molar-refractivity contribution in [2.75, 3.05) is 30.9 Å². The van der Waals surface area contributed by atoms with E-state index in [1.165, 1.54) is 42.5 Å². The molecule has 2 aromatic rings. The molecule has 2 rings (SSSR count). The molecule has 0 spiro atoms. The number of benzene rings is 2. The van der Waals surface area contributed by atoms with E-state index in [0.717, 1.165) is 0 Å². The van der Waals surface area contributed by atoms with Crippen LogP contribution in [0.3, 0.4) is 0 Å². The number of nitrogens with two attached hydrogens (primary N) is 1. The van der Waals surface area contributed by atoms with Crippen molar-refractivity contribution in [2.24, 2.45) is 5.14 Å². The molecule has 0 atom stereocenters. The van der Waals surface area contributed by atoms with Crippen molar-refractivity contribution in [3.63, 3.8) is 0 Å². The van der Waals surface area contributed by atoms with Gasteiger partial charge < -0.3 is 15.0 Å². The van der Waals surface area contributed by atoms with Gasteiger partial charge in [0.15, 0.2) is 6.61 Å². The highest BCUT2D eigenvalue weighted by Crippen LogP contribution is 2.27. The fraction of sp³-hybridized carbons (Fsp3) is 0.188. The molecule has 7 nitrogen and oxygen atoms in total. The van der Waals surface area contributed by atoms with Crippen LogP contribution in [-0.4, -0.2) is 35.0 Å². The van der Waals surface area contributed by atoms with E-state index in [1.54, 1.807) is 19.0 Å². The third-order valence-corrected chi connectivity index (χ3v) is 4.15. The van der Waals surface area contributed by atoms with Gasteiger partial charge in [-0.25, -0.2) is 17.9 Å². The summed E-state index contributed by atoms with van der Waals surface area (Å²) in [6, 6.07) is 9.40. The Morgan fingerprint density at radius 3 is 2.40 bits per heavy atom. The summed E-state index contributed by atoms with van der Waals surface area (Å²) in [5.41, 5.74) is 0.881. The Morgan fingerprint density at radius 2 is 1.84 bits per heavy atom. The first-order valence-corrected chi connectivity index (χ1v) is 8.74. The quantitative estimate of drug-likeness (QED) is 0.807. The largest absolute Gasteiger partial charge is 0.484 e. The van der Waals surface area contributed by atoms with Gasteiger partial charge in [-0.3, -0.25) is 4.79 Å². The zero-order valence-electron chi connectivity index (χ0n) is 13.7. The molecule has 0 aliphatic heterocycles. The normalized spacial score (nSPS) is 11.0. The van der Waals surface area contributed by atoms with Crippen molar-refractivity contribution in [3.05, 3.63) is 48.3 Å². The lowest BCUT2D eigenvalue weighted by atomic mass is 10.2. The maximum Gasteiger partial charge on any atom is 0.262 e. The van der Waals surface area contributed by atoms with Crippen molar-refractivity contribution in [1.29, 1.82) is 0 Å². The van der Waals surface area contributed by atoms with E-state index >= 15 is 0 Å². The van der Waals surface area contributed by atoms with Crippen LogP contribution in [0.5, 0.6) is 5.75 Å². The zero-order chi connectivity index (χ0) is 18.6. The minimum atomic E-state index is -3.90. The van der Waals surface area contributed by atoms with E-state index in [1.807, 2.05) is 0 Å². The molecular formula is C16H18FN3O4S. The average molecular weight is 367 g/mol. The van der Waals surface area contributed by atoms with E-state index < -0.39 is 21.7 Å². The Balaban J connectivity index is 2.14. The second-order valence-electron chi connectivity index (χ2n) is 5.41. The summed E-state index contributed by atoms with van der Waals surface area (Å²) in [5.74, 6) is -0.575. The molecule has 0 aromatic heterocycles. The Hall–Kier alpha value is -2.65. The van der Waals surface area contributed by atoms with Crippen LogP contribution in [0, 0.1) is 5.82 Å². The minimum Gasteiger partial charge on any atom is -0.484 e. The Morgan fingerprint density at radius 1 is 1.20 bits per heavy atom. The number of sulfonamides is 1. The first-order valence-electron chi connectivity index (χ1n) is 7.19. The summed E-state index contributed by atoms with van der Waals surface area (Å²) < 4.78 is 41.1. The van der Waals surface area contributed by atoms with Crippen LogP contribution in [-0.2, 0) is 14.8 Å². The predicted molar refractivity (Wildman–Crippen MR) is 92.7 cm³/mol. The van der Waals surface area contributed by atoms with Gasteiger partial charge in [-0.15, -0.1) is 0 Å². The van der Waals surface area contributed by atoms with Gasteiger partial charge in [-0.1, -0.05) is 0 Å². The standard InChI is InChI=1S/C16H18FN3O4S/c1-20(2)15-8-7-13(25(18,22)23)9-14(15)19-16(21)10-24-12-5-3-11(17)4-6-12/h3-9H,10H2,1-2H3,(H,19,21)(H2,18,22,23). The number of nitrogens with zero attached hydrogens (tertiary/aromatic N) is 1. The molecular weight excluding hydrogens is 349 g/mol. The highest BCUT2D eigenvalue weighted by molar-refractivity contribution is 7.89. The molecule has 0 unspecified atom stereocenters. The van der Waals surface area contributed by atoms with Gasteiger partial charge in [-0.2, -0.15) is 0 Å². The first kappa shape index (κ1) is 18.7. The summed E-state index contributed by atoms with van der Waals surface area (Å²) >= 11 is 0. The van der Waals surface area contributed by atoms with Crippen LogP contribution in [0.15, 0.2) is 47.4 Å². The maximum absolute atomic E-state index is 12.8. The summed E-state index contributed by atoms with van der Waals surface area (Å²) in [7, 11) is -0.406. The second kappa shape index (κ2) is 7.49. The van der Waals surface area contributed by atoms with Crippen LogP contribution in [0.1, 0.15) is 0 Å². The molecule has 0 heterocycles. The van der Waals surface area contributed by atoms with E-state index in [4.69, 9.17) is 9.88 Å². The fourth-order valence-electron chi connectivity index (χ4n) is 2.05. The van der Waals surface area contributed by atoms with Gasteiger partial charge in [0.25, 0.3) is 5.91 Å². The number of primary sulfonamides is 1.